The monoisotopic (exact) mass is 158 g/mol. The Kier molecular flexibility index (Phi) is 2.24. The van der Waals surface area contributed by atoms with Crippen molar-refractivity contribution in [3.8, 4) is 0 Å². The van der Waals surface area contributed by atoms with Crippen LogP contribution in [-0.4, -0.2) is 28.1 Å². The summed E-state index contributed by atoms with van der Waals surface area (Å²) in [6.07, 6.45) is 0.125. The Hall–Kier alpha value is -0.900. The van der Waals surface area contributed by atoms with E-state index in [1.807, 2.05) is 0 Å². The van der Waals surface area contributed by atoms with E-state index in [2.05, 4.69) is 0 Å². The van der Waals surface area contributed by atoms with Gasteiger partial charge in [-0.05, 0) is 12.8 Å². The summed E-state index contributed by atoms with van der Waals surface area (Å²) in [7, 11) is 0. The van der Waals surface area contributed by atoms with Gasteiger partial charge in [-0.25, -0.2) is 4.79 Å². The highest BCUT2D eigenvalue weighted by atomic mass is 16.4. The molecule has 0 amide bonds. The second kappa shape index (κ2) is 3.00. The van der Waals surface area contributed by atoms with Gasteiger partial charge in [0.2, 0.25) is 0 Å². The molecule has 4 nitrogen and oxygen atoms in total. The highest BCUT2D eigenvalue weighted by Gasteiger charge is 2.34. The van der Waals surface area contributed by atoms with Crippen LogP contribution in [0, 0.1) is 5.92 Å². The van der Waals surface area contributed by atoms with Crippen molar-refractivity contribution in [2.75, 3.05) is 0 Å². The Labute approximate surface area is 63.8 Å². The topological polar surface area (TPSA) is 74.6 Å². The zero-order valence-electron chi connectivity index (χ0n) is 5.99. The maximum atomic E-state index is 10.9. The molecule has 0 aromatic rings. The summed E-state index contributed by atoms with van der Waals surface area (Å²) in [5.41, 5.74) is 0. The van der Waals surface area contributed by atoms with Gasteiger partial charge < -0.3 is 10.2 Å². The van der Waals surface area contributed by atoms with Gasteiger partial charge >= 0.3 is 5.97 Å². The van der Waals surface area contributed by atoms with Gasteiger partial charge in [-0.3, -0.25) is 4.79 Å². The van der Waals surface area contributed by atoms with Gasteiger partial charge in [0, 0.05) is 6.42 Å². The first-order chi connectivity index (χ1) is 5.13. The summed E-state index contributed by atoms with van der Waals surface area (Å²) < 4.78 is 0. The van der Waals surface area contributed by atoms with Gasteiger partial charge in [0.05, 0.1) is 5.92 Å². The Morgan fingerprint density at radius 3 is 2.64 bits per heavy atom. The maximum Gasteiger partial charge on any atom is 0.333 e. The standard InChI is InChI=1S/C7H10O4/c8-5-3-1-2-4(5)6(9)7(10)11/h4,6,9H,1-3H2,(H,10,11)/t4-,6+/m0/s1. The van der Waals surface area contributed by atoms with Crippen LogP contribution in [0.1, 0.15) is 19.3 Å². The van der Waals surface area contributed by atoms with Gasteiger partial charge in [-0.15, -0.1) is 0 Å². The second-order valence-corrected chi connectivity index (χ2v) is 2.75. The Morgan fingerprint density at radius 2 is 2.27 bits per heavy atom. The van der Waals surface area contributed by atoms with E-state index in [0.717, 1.165) is 0 Å². The minimum Gasteiger partial charge on any atom is -0.479 e. The van der Waals surface area contributed by atoms with Crippen molar-refractivity contribution < 1.29 is 19.8 Å². The Bertz CT molecular complexity index is 187. The van der Waals surface area contributed by atoms with E-state index in [1.165, 1.54) is 0 Å². The molecule has 1 rings (SSSR count). The van der Waals surface area contributed by atoms with Crippen LogP contribution in [-0.2, 0) is 9.59 Å². The van der Waals surface area contributed by atoms with Gasteiger partial charge in [0.1, 0.15) is 5.78 Å². The molecular formula is C7H10O4. The van der Waals surface area contributed by atoms with E-state index in [9.17, 15) is 9.59 Å². The average Bonchev–Trinajstić information content (AvgIpc) is 2.33. The molecule has 0 spiro atoms. The van der Waals surface area contributed by atoms with E-state index < -0.39 is 18.0 Å². The molecule has 2 atom stereocenters. The molecule has 0 radical (unpaired) electrons. The first kappa shape index (κ1) is 8.20. The number of aliphatic carboxylic acids is 1. The van der Waals surface area contributed by atoms with E-state index in [-0.39, 0.29) is 5.78 Å². The van der Waals surface area contributed by atoms with Crippen LogP contribution in [0.5, 0.6) is 0 Å². The Morgan fingerprint density at radius 1 is 1.64 bits per heavy atom. The van der Waals surface area contributed by atoms with Crippen molar-refractivity contribution >= 4 is 11.8 Å². The predicted molar refractivity (Wildman–Crippen MR) is 36.0 cm³/mol. The third-order valence-corrected chi connectivity index (χ3v) is 1.99. The van der Waals surface area contributed by atoms with Crippen molar-refractivity contribution in [1.82, 2.24) is 0 Å². The normalized spacial score (nSPS) is 27.0. The van der Waals surface area contributed by atoms with E-state index in [4.69, 9.17) is 10.2 Å². The van der Waals surface area contributed by atoms with Crippen LogP contribution in [0.25, 0.3) is 0 Å². The third-order valence-electron chi connectivity index (χ3n) is 1.99. The molecular weight excluding hydrogens is 148 g/mol. The fraction of sp³-hybridized carbons (Fsp3) is 0.714. The largest absolute Gasteiger partial charge is 0.479 e. The molecule has 0 bridgehead atoms. The maximum absolute atomic E-state index is 10.9. The number of aliphatic hydroxyl groups is 1. The zero-order valence-corrected chi connectivity index (χ0v) is 5.99. The molecule has 0 unspecified atom stereocenters. The summed E-state index contributed by atoms with van der Waals surface area (Å²) in [4.78, 5) is 21.1. The molecule has 1 saturated carbocycles. The highest BCUT2D eigenvalue weighted by Crippen LogP contribution is 2.24. The molecule has 0 aliphatic heterocycles. The molecule has 0 saturated heterocycles. The summed E-state index contributed by atoms with van der Waals surface area (Å²) in [5, 5.41) is 17.3. The number of ketones is 1. The van der Waals surface area contributed by atoms with Gasteiger partial charge in [-0.1, -0.05) is 0 Å². The van der Waals surface area contributed by atoms with Crippen LogP contribution in [0.2, 0.25) is 0 Å². The number of hydrogen-bond acceptors (Lipinski definition) is 3. The average molecular weight is 158 g/mol. The number of carboxylic acids is 1. The smallest absolute Gasteiger partial charge is 0.333 e. The van der Waals surface area contributed by atoms with Gasteiger partial charge in [0.15, 0.2) is 6.10 Å². The molecule has 0 aromatic carbocycles. The lowest BCUT2D eigenvalue weighted by Gasteiger charge is -2.10. The molecule has 1 fully saturated rings. The van der Waals surface area contributed by atoms with Crippen LogP contribution in [0.3, 0.4) is 0 Å². The number of hydrogen-bond donors (Lipinski definition) is 2. The van der Waals surface area contributed by atoms with E-state index in [1.54, 1.807) is 0 Å². The van der Waals surface area contributed by atoms with Crippen molar-refractivity contribution in [3.05, 3.63) is 0 Å². The van der Waals surface area contributed by atoms with Gasteiger partial charge in [0.25, 0.3) is 0 Å². The van der Waals surface area contributed by atoms with E-state index in [0.29, 0.717) is 19.3 Å². The van der Waals surface area contributed by atoms with Crippen molar-refractivity contribution in [3.63, 3.8) is 0 Å². The quantitative estimate of drug-likeness (QED) is 0.583. The number of Topliss-reactive ketones (excluding diaryl/α,β-unsaturated/α-hetero) is 1. The molecule has 11 heavy (non-hydrogen) atoms. The fourth-order valence-corrected chi connectivity index (χ4v) is 1.35. The second-order valence-electron chi connectivity index (χ2n) is 2.75. The molecule has 0 heterocycles. The molecule has 4 heteroatoms. The van der Waals surface area contributed by atoms with Crippen LogP contribution >= 0.6 is 0 Å². The van der Waals surface area contributed by atoms with Crippen LogP contribution in [0.15, 0.2) is 0 Å². The van der Waals surface area contributed by atoms with Crippen molar-refractivity contribution in [2.24, 2.45) is 5.92 Å². The molecule has 1 aliphatic carbocycles. The van der Waals surface area contributed by atoms with Crippen molar-refractivity contribution in [1.29, 1.82) is 0 Å². The number of aliphatic hydroxyl groups excluding tert-OH is 1. The summed E-state index contributed by atoms with van der Waals surface area (Å²) in [6, 6.07) is 0. The predicted octanol–water partition coefficient (Wildman–Crippen LogP) is -0.199. The van der Waals surface area contributed by atoms with Crippen LogP contribution in [0.4, 0.5) is 0 Å². The lowest BCUT2D eigenvalue weighted by molar-refractivity contribution is -0.152. The lowest BCUT2D eigenvalue weighted by Crippen LogP contribution is -2.31. The highest BCUT2D eigenvalue weighted by molar-refractivity contribution is 5.88. The summed E-state index contributed by atoms with van der Waals surface area (Å²) >= 11 is 0. The van der Waals surface area contributed by atoms with Crippen molar-refractivity contribution in [2.45, 2.75) is 25.4 Å². The summed E-state index contributed by atoms with van der Waals surface area (Å²) in [6.45, 7) is 0. The van der Waals surface area contributed by atoms with Crippen LogP contribution < -0.4 is 0 Å². The van der Waals surface area contributed by atoms with Gasteiger partial charge in [-0.2, -0.15) is 0 Å². The molecule has 2 N–H and O–H groups in total. The minimum absolute atomic E-state index is 0.125. The zero-order chi connectivity index (χ0) is 8.43. The number of carbonyl (C=O) groups is 2. The Balaban J connectivity index is 2.59. The first-order valence-electron chi connectivity index (χ1n) is 3.56. The lowest BCUT2D eigenvalue weighted by atomic mass is 10.0. The number of carbonyl (C=O) groups excluding carboxylic acids is 1. The number of rotatable bonds is 2. The first-order valence-corrected chi connectivity index (χ1v) is 3.56. The van der Waals surface area contributed by atoms with E-state index >= 15 is 0 Å². The fourth-order valence-electron chi connectivity index (χ4n) is 1.35. The molecule has 0 aromatic heterocycles. The molecule has 1 aliphatic rings. The number of carboxylic acid groups (broad SMARTS) is 1. The third kappa shape index (κ3) is 1.57. The SMILES string of the molecule is O=C(O)[C@H](O)[C@H]1CCCC1=O. The minimum atomic E-state index is -1.50. The summed E-state index contributed by atoms with van der Waals surface area (Å²) in [5.74, 6) is -2.09. The molecule has 62 valence electrons.